The van der Waals surface area contributed by atoms with Crippen LogP contribution in [0.5, 0.6) is 5.75 Å². The molecule has 0 atom stereocenters. The number of nitrogens with zero attached hydrogens (tertiary/aromatic N) is 1. The number of carbonyl (C=O) groups excluding carboxylic acids is 1. The summed E-state index contributed by atoms with van der Waals surface area (Å²) in [7, 11) is 1.59. The van der Waals surface area contributed by atoms with Crippen LogP contribution in [0.1, 0.15) is 11.1 Å². The van der Waals surface area contributed by atoms with Crippen molar-refractivity contribution in [3.8, 4) is 16.9 Å². The van der Waals surface area contributed by atoms with Gasteiger partial charge >= 0.3 is 0 Å². The number of nitrogens with one attached hydrogen (secondary N) is 3. The normalized spacial score (nSPS) is 10.3. The van der Waals surface area contributed by atoms with Crippen molar-refractivity contribution < 1.29 is 9.53 Å². The van der Waals surface area contributed by atoms with E-state index in [4.69, 9.17) is 15.9 Å². The lowest BCUT2D eigenvalue weighted by Gasteiger charge is -2.11. The molecule has 0 radical (unpaired) electrons. The van der Waals surface area contributed by atoms with Crippen LogP contribution in [-0.4, -0.2) is 28.9 Å². The van der Waals surface area contributed by atoms with Crippen LogP contribution in [-0.2, 0) is 11.3 Å². The number of hydrogen-bond acceptors (Lipinski definition) is 5. The Hall–Kier alpha value is -3.61. The second-order valence-corrected chi connectivity index (χ2v) is 5.70. The van der Waals surface area contributed by atoms with E-state index < -0.39 is 5.91 Å². The number of carbonyl (C=O) groups is 1. The number of aromatic nitrogens is 2. The van der Waals surface area contributed by atoms with Crippen molar-refractivity contribution in [1.29, 1.82) is 5.41 Å². The maximum Gasteiger partial charge on any atom is 0.270 e. The highest BCUT2D eigenvalue weighted by Gasteiger charge is 2.16. The van der Waals surface area contributed by atoms with Gasteiger partial charge in [0.15, 0.2) is 0 Å². The highest BCUT2D eigenvalue weighted by Crippen LogP contribution is 2.23. The molecule has 2 aromatic carbocycles. The number of rotatable bonds is 6. The molecule has 7 heteroatoms. The van der Waals surface area contributed by atoms with Crippen LogP contribution in [0.15, 0.2) is 54.9 Å². The van der Waals surface area contributed by atoms with Crippen molar-refractivity contribution in [1.82, 2.24) is 15.5 Å². The molecule has 5 N–H and O–H groups in total. The highest BCUT2D eigenvalue weighted by molar-refractivity contribution is 6.45. The molecule has 1 aromatic heterocycles. The molecule has 0 aliphatic rings. The van der Waals surface area contributed by atoms with Gasteiger partial charge in [-0.3, -0.25) is 15.3 Å². The van der Waals surface area contributed by atoms with Crippen LogP contribution in [0.2, 0.25) is 0 Å². The zero-order valence-electron chi connectivity index (χ0n) is 14.2. The lowest BCUT2D eigenvalue weighted by atomic mass is 10.0. The third-order valence-corrected chi connectivity index (χ3v) is 3.97. The standard InChI is InChI=1S/C19H19N5O2/c1-26-15-4-2-3-12(7-15)9-22-19(25)18(21)16-8-13(5-6-17(16)20)14-10-23-24-11-14/h2-8,10-11,21H,9,20H2,1H3,(H,22,25)(H,23,24). The van der Waals surface area contributed by atoms with E-state index in [1.54, 1.807) is 31.6 Å². The molecular formula is C19H19N5O2. The van der Waals surface area contributed by atoms with Gasteiger partial charge in [0.25, 0.3) is 5.91 Å². The van der Waals surface area contributed by atoms with E-state index in [-0.39, 0.29) is 5.71 Å². The first-order valence-electron chi connectivity index (χ1n) is 7.97. The maximum absolute atomic E-state index is 12.4. The van der Waals surface area contributed by atoms with Crippen LogP contribution in [0.4, 0.5) is 5.69 Å². The second kappa shape index (κ2) is 7.52. The Morgan fingerprint density at radius 1 is 1.27 bits per heavy atom. The predicted molar refractivity (Wildman–Crippen MR) is 100 cm³/mol. The van der Waals surface area contributed by atoms with Crippen LogP contribution in [0, 0.1) is 5.41 Å². The third-order valence-electron chi connectivity index (χ3n) is 3.97. The zero-order valence-corrected chi connectivity index (χ0v) is 14.2. The van der Waals surface area contributed by atoms with Gasteiger partial charge in [-0.15, -0.1) is 0 Å². The van der Waals surface area contributed by atoms with Crippen LogP contribution >= 0.6 is 0 Å². The summed E-state index contributed by atoms with van der Waals surface area (Å²) in [5.41, 5.74) is 9.10. The molecule has 0 saturated heterocycles. The Morgan fingerprint density at radius 3 is 2.85 bits per heavy atom. The molecule has 0 saturated carbocycles. The number of methoxy groups -OCH3 is 1. The number of aromatic amines is 1. The van der Waals surface area contributed by atoms with Gasteiger partial charge in [0.2, 0.25) is 0 Å². The van der Waals surface area contributed by atoms with Crippen molar-refractivity contribution in [2.24, 2.45) is 0 Å². The number of nitrogens with two attached hydrogens (primary N) is 1. The highest BCUT2D eigenvalue weighted by atomic mass is 16.5. The minimum Gasteiger partial charge on any atom is -0.497 e. The minimum absolute atomic E-state index is 0.184. The summed E-state index contributed by atoms with van der Waals surface area (Å²) in [4.78, 5) is 12.4. The van der Waals surface area contributed by atoms with Crippen LogP contribution in [0.25, 0.3) is 11.1 Å². The lowest BCUT2D eigenvalue weighted by molar-refractivity contribution is -0.114. The molecule has 0 fully saturated rings. The van der Waals surface area contributed by atoms with Gasteiger partial charge in [0.1, 0.15) is 11.5 Å². The topological polar surface area (TPSA) is 117 Å². The van der Waals surface area contributed by atoms with Gasteiger partial charge in [0, 0.05) is 29.6 Å². The Kier molecular flexibility index (Phi) is 4.98. The average molecular weight is 349 g/mol. The van der Waals surface area contributed by atoms with Gasteiger partial charge in [0.05, 0.1) is 13.3 Å². The summed E-state index contributed by atoms with van der Waals surface area (Å²) in [5, 5.41) is 17.6. The van der Waals surface area contributed by atoms with Crippen LogP contribution < -0.4 is 15.8 Å². The molecular weight excluding hydrogens is 330 g/mol. The Morgan fingerprint density at radius 2 is 2.12 bits per heavy atom. The smallest absolute Gasteiger partial charge is 0.270 e. The van der Waals surface area contributed by atoms with Gasteiger partial charge in [-0.05, 0) is 35.4 Å². The van der Waals surface area contributed by atoms with E-state index in [9.17, 15) is 4.79 Å². The van der Waals surface area contributed by atoms with Crippen molar-refractivity contribution >= 4 is 17.3 Å². The molecule has 3 rings (SSSR count). The summed E-state index contributed by atoms with van der Waals surface area (Å²) in [6, 6.07) is 12.6. The Labute approximate surface area is 150 Å². The second-order valence-electron chi connectivity index (χ2n) is 5.70. The predicted octanol–water partition coefficient (Wildman–Crippen LogP) is 2.35. The quantitative estimate of drug-likeness (QED) is 0.404. The third kappa shape index (κ3) is 3.72. The fraction of sp³-hybridized carbons (Fsp3) is 0.105. The van der Waals surface area contributed by atoms with E-state index in [1.807, 2.05) is 30.3 Å². The summed E-state index contributed by atoms with van der Waals surface area (Å²) in [6.45, 7) is 0.291. The van der Waals surface area contributed by atoms with Crippen molar-refractivity contribution in [2.75, 3.05) is 12.8 Å². The van der Waals surface area contributed by atoms with Crippen molar-refractivity contribution in [3.05, 3.63) is 66.0 Å². The molecule has 26 heavy (non-hydrogen) atoms. The fourth-order valence-corrected chi connectivity index (χ4v) is 2.54. The molecule has 0 spiro atoms. The molecule has 0 aliphatic carbocycles. The molecule has 1 amide bonds. The fourth-order valence-electron chi connectivity index (χ4n) is 2.54. The van der Waals surface area contributed by atoms with Gasteiger partial charge in [-0.1, -0.05) is 18.2 Å². The van der Waals surface area contributed by atoms with Crippen LogP contribution in [0.3, 0.4) is 0 Å². The first kappa shape index (κ1) is 17.2. The van der Waals surface area contributed by atoms with Gasteiger partial charge in [-0.2, -0.15) is 5.10 Å². The van der Waals surface area contributed by atoms with E-state index in [0.29, 0.717) is 23.5 Å². The zero-order chi connectivity index (χ0) is 18.5. The number of amides is 1. The molecule has 0 bridgehead atoms. The van der Waals surface area contributed by atoms with E-state index >= 15 is 0 Å². The average Bonchev–Trinajstić information content (AvgIpc) is 3.21. The lowest BCUT2D eigenvalue weighted by Crippen LogP contribution is -2.31. The van der Waals surface area contributed by atoms with Crippen molar-refractivity contribution in [3.63, 3.8) is 0 Å². The first-order chi connectivity index (χ1) is 12.6. The number of benzene rings is 2. The SMILES string of the molecule is COc1cccc(CNC(=O)C(=N)c2cc(-c3cn[nH]c3)ccc2N)c1. The van der Waals surface area contributed by atoms with Gasteiger partial charge in [-0.25, -0.2) is 0 Å². The number of ether oxygens (including phenoxy) is 1. The summed E-state index contributed by atoms with van der Waals surface area (Å²) in [5.74, 6) is 0.216. The van der Waals surface area contributed by atoms with E-state index in [0.717, 1.165) is 16.7 Å². The van der Waals surface area contributed by atoms with E-state index in [2.05, 4.69) is 15.5 Å². The van der Waals surface area contributed by atoms with E-state index in [1.165, 1.54) is 0 Å². The minimum atomic E-state index is -0.496. The monoisotopic (exact) mass is 349 g/mol. The molecule has 0 aliphatic heterocycles. The maximum atomic E-state index is 12.4. The molecule has 1 heterocycles. The molecule has 132 valence electrons. The number of nitrogen functional groups attached to an aromatic ring is 1. The van der Waals surface area contributed by atoms with Gasteiger partial charge < -0.3 is 15.8 Å². The number of H-pyrrole nitrogens is 1. The Bertz CT molecular complexity index is 935. The van der Waals surface area contributed by atoms with Crippen molar-refractivity contribution in [2.45, 2.75) is 6.54 Å². The molecule has 0 unspecified atom stereocenters. The summed E-state index contributed by atoms with van der Waals surface area (Å²) < 4.78 is 5.16. The number of hydrogen-bond donors (Lipinski definition) is 4. The first-order valence-corrected chi connectivity index (χ1v) is 7.97. The molecule has 7 nitrogen and oxygen atoms in total. The Balaban J connectivity index is 1.74. The number of anilines is 1. The summed E-state index contributed by atoms with van der Waals surface area (Å²) in [6.07, 6.45) is 3.41. The molecule has 3 aromatic rings. The largest absolute Gasteiger partial charge is 0.497 e. The summed E-state index contributed by atoms with van der Waals surface area (Å²) >= 11 is 0.